The molecule has 0 fully saturated rings. The molecule has 0 amide bonds. The van der Waals surface area contributed by atoms with Gasteiger partial charge in [0.25, 0.3) is 10.0 Å². The fraction of sp³-hybridized carbons (Fsp3) is 0. The van der Waals surface area contributed by atoms with Crippen LogP contribution in [0.15, 0.2) is 38.6 Å². The van der Waals surface area contributed by atoms with E-state index in [0.717, 1.165) is 18.3 Å². The lowest BCUT2D eigenvalue weighted by molar-refractivity contribution is -0.389. The number of hydrogen-bond acceptors (Lipinski definition) is 7. The minimum Gasteiger partial charge on any atom is -0.358 e. The Labute approximate surface area is 135 Å². The molecular formula is C9H5Br2N5O4S. The van der Waals surface area contributed by atoms with Gasteiger partial charge in [0, 0.05) is 6.07 Å². The Hall–Kier alpha value is -1.66. The van der Waals surface area contributed by atoms with Crippen molar-refractivity contribution in [3.05, 3.63) is 43.8 Å². The molecule has 1 N–H and O–H groups in total. The molecule has 0 atom stereocenters. The molecule has 0 bridgehead atoms. The van der Waals surface area contributed by atoms with E-state index in [2.05, 4.69) is 51.5 Å². The third-order valence-electron chi connectivity index (χ3n) is 2.15. The van der Waals surface area contributed by atoms with E-state index < -0.39 is 20.8 Å². The largest absolute Gasteiger partial charge is 0.363 e. The molecule has 110 valence electrons. The second kappa shape index (κ2) is 5.99. The molecule has 0 aliphatic carbocycles. The summed E-state index contributed by atoms with van der Waals surface area (Å²) in [6.45, 7) is 0. The molecule has 2 aromatic heterocycles. The number of nitro groups is 1. The van der Waals surface area contributed by atoms with Crippen molar-refractivity contribution in [3.63, 3.8) is 0 Å². The molecule has 0 unspecified atom stereocenters. The first kappa shape index (κ1) is 15.7. The van der Waals surface area contributed by atoms with Gasteiger partial charge in [-0.3, -0.25) is 4.72 Å². The van der Waals surface area contributed by atoms with E-state index >= 15 is 0 Å². The van der Waals surface area contributed by atoms with E-state index in [1.165, 1.54) is 6.20 Å². The summed E-state index contributed by atoms with van der Waals surface area (Å²) in [4.78, 5) is 20.8. The number of hydrogen-bond donors (Lipinski definition) is 1. The summed E-state index contributed by atoms with van der Waals surface area (Å²) in [5, 5.41) is 10.5. The van der Waals surface area contributed by atoms with E-state index in [9.17, 15) is 18.5 Å². The van der Waals surface area contributed by atoms with Crippen molar-refractivity contribution in [3.8, 4) is 0 Å². The third-order valence-corrected chi connectivity index (χ3v) is 4.41. The lowest BCUT2D eigenvalue weighted by Gasteiger charge is -2.07. The standard InChI is InChI=1S/C9H5Br2N5O4S/c10-6-4-13-9(8(11)14-6)15-21(19,20)5-1-2-7(12-3-5)16(17)18/h1-4H,(H,13,15). The maximum absolute atomic E-state index is 12.1. The highest BCUT2D eigenvalue weighted by molar-refractivity contribution is 9.11. The normalized spacial score (nSPS) is 11.1. The van der Waals surface area contributed by atoms with E-state index in [-0.39, 0.29) is 15.3 Å². The monoisotopic (exact) mass is 437 g/mol. The topological polar surface area (TPSA) is 128 Å². The van der Waals surface area contributed by atoms with Crippen molar-refractivity contribution in [2.75, 3.05) is 4.72 Å². The Balaban J connectivity index is 2.31. The molecular weight excluding hydrogens is 434 g/mol. The fourth-order valence-electron chi connectivity index (χ4n) is 1.24. The highest BCUT2D eigenvalue weighted by atomic mass is 79.9. The summed E-state index contributed by atoms with van der Waals surface area (Å²) in [5.41, 5.74) is 0. The molecule has 0 spiro atoms. The minimum absolute atomic E-state index is 0.0171. The predicted molar refractivity (Wildman–Crippen MR) is 79.1 cm³/mol. The Morgan fingerprint density at radius 1 is 1.19 bits per heavy atom. The zero-order chi connectivity index (χ0) is 15.6. The van der Waals surface area contributed by atoms with Crippen LogP contribution in [0.1, 0.15) is 0 Å². The van der Waals surface area contributed by atoms with Crippen molar-refractivity contribution in [2.45, 2.75) is 4.90 Å². The summed E-state index contributed by atoms with van der Waals surface area (Å²) >= 11 is 6.16. The van der Waals surface area contributed by atoms with Crippen LogP contribution in [0, 0.1) is 10.1 Å². The van der Waals surface area contributed by atoms with Crippen LogP contribution < -0.4 is 4.72 Å². The van der Waals surface area contributed by atoms with Gasteiger partial charge in [-0.1, -0.05) is 0 Å². The SMILES string of the molecule is O=[N+]([O-])c1ccc(S(=O)(=O)Nc2ncc(Br)nc2Br)cn1. The van der Waals surface area contributed by atoms with Crippen molar-refractivity contribution in [2.24, 2.45) is 0 Å². The summed E-state index contributed by atoms with van der Waals surface area (Å²) in [7, 11) is -3.97. The molecule has 21 heavy (non-hydrogen) atoms. The van der Waals surface area contributed by atoms with Crippen molar-refractivity contribution >= 4 is 53.5 Å². The molecule has 9 nitrogen and oxygen atoms in total. The number of pyridine rings is 1. The second-order valence-electron chi connectivity index (χ2n) is 3.55. The zero-order valence-corrected chi connectivity index (χ0v) is 13.9. The molecule has 0 aliphatic heterocycles. The number of aromatic nitrogens is 3. The van der Waals surface area contributed by atoms with Gasteiger partial charge < -0.3 is 10.1 Å². The number of sulfonamides is 1. The van der Waals surface area contributed by atoms with Crippen LogP contribution in [0.3, 0.4) is 0 Å². The average molecular weight is 439 g/mol. The van der Waals surface area contributed by atoms with Crippen LogP contribution in [0.2, 0.25) is 0 Å². The fourth-order valence-corrected chi connectivity index (χ4v) is 3.24. The highest BCUT2D eigenvalue weighted by Gasteiger charge is 2.20. The van der Waals surface area contributed by atoms with Crippen LogP contribution in [-0.2, 0) is 10.0 Å². The van der Waals surface area contributed by atoms with Crippen molar-refractivity contribution in [1.29, 1.82) is 0 Å². The maximum atomic E-state index is 12.1. The highest BCUT2D eigenvalue weighted by Crippen LogP contribution is 2.22. The van der Waals surface area contributed by atoms with Crippen LogP contribution >= 0.6 is 31.9 Å². The molecule has 0 radical (unpaired) electrons. The van der Waals surface area contributed by atoms with Gasteiger partial charge in [0.15, 0.2) is 16.6 Å². The molecule has 2 heterocycles. The number of anilines is 1. The number of nitrogens with zero attached hydrogens (tertiary/aromatic N) is 4. The minimum atomic E-state index is -3.97. The average Bonchev–Trinajstić information content (AvgIpc) is 2.42. The summed E-state index contributed by atoms with van der Waals surface area (Å²) < 4.78 is 27.0. The zero-order valence-electron chi connectivity index (χ0n) is 9.90. The van der Waals surface area contributed by atoms with Crippen LogP contribution in [-0.4, -0.2) is 28.3 Å². The van der Waals surface area contributed by atoms with E-state index in [1.807, 2.05) is 0 Å². The van der Waals surface area contributed by atoms with Crippen LogP contribution in [0.25, 0.3) is 0 Å². The number of nitrogens with one attached hydrogen (secondary N) is 1. The van der Waals surface area contributed by atoms with Gasteiger partial charge in [-0.15, -0.1) is 0 Å². The smallest absolute Gasteiger partial charge is 0.358 e. The Morgan fingerprint density at radius 3 is 2.43 bits per heavy atom. The van der Waals surface area contributed by atoms with Gasteiger partial charge in [0.05, 0.1) is 6.20 Å². The molecule has 0 saturated carbocycles. The third kappa shape index (κ3) is 3.71. The van der Waals surface area contributed by atoms with Crippen molar-refractivity contribution in [1.82, 2.24) is 15.0 Å². The summed E-state index contributed by atoms with van der Waals surface area (Å²) in [6.07, 6.45) is 2.21. The Morgan fingerprint density at radius 2 is 1.90 bits per heavy atom. The first-order valence-electron chi connectivity index (χ1n) is 5.11. The Bertz CT molecular complexity index is 796. The summed E-state index contributed by atoms with van der Waals surface area (Å²) in [5.74, 6) is -0.463. The molecule has 0 aromatic carbocycles. The van der Waals surface area contributed by atoms with Gasteiger partial charge in [-0.2, -0.15) is 0 Å². The summed E-state index contributed by atoms with van der Waals surface area (Å²) in [6, 6.07) is 2.07. The molecule has 2 aromatic rings. The number of halogens is 2. The van der Waals surface area contributed by atoms with Gasteiger partial charge in [-0.25, -0.2) is 18.4 Å². The van der Waals surface area contributed by atoms with Crippen LogP contribution in [0.4, 0.5) is 11.6 Å². The first-order valence-corrected chi connectivity index (χ1v) is 8.18. The lowest BCUT2D eigenvalue weighted by Crippen LogP contribution is -2.15. The molecule has 2 rings (SSSR count). The first-order chi connectivity index (χ1) is 9.79. The molecule has 0 saturated heterocycles. The van der Waals surface area contributed by atoms with Crippen molar-refractivity contribution < 1.29 is 13.3 Å². The van der Waals surface area contributed by atoms with E-state index in [1.54, 1.807) is 0 Å². The molecule has 0 aliphatic rings. The second-order valence-corrected chi connectivity index (χ2v) is 6.79. The number of rotatable bonds is 4. The Kier molecular flexibility index (Phi) is 4.49. The van der Waals surface area contributed by atoms with Gasteiger partial charge in [0.1, 0.15) is 9.50 Å². The van der Waals surface area contributed by atoms with E-state index in [0.29, 0.717) is 4.60 Å². The van der Waals surface area contributed by atoms with Gasteiger partial charge in [-0.05, 0) is 47.8 Å². The lowest BCUT2D eigenvalue weighted by atomic mass is 10.5. The molecule has 12 heteroatoms. The maximum Gasteiger partial charge on any atom is 0.363 e. The quantitative estimate of drug-likeness (QED) is 0.571. The van der Waals surface area contributed by atoms with Gasteiger partial charge in [0.2, 0.25) is 0 Å². The predicted octanol–water partition coefficient (Wildman–Crippen LogP) is 2.11. The van der Waals surface area contributed by atoms with E-state index in [4.69, 9.17) is 0 Å². The van der Waals surface area contributed by atoms with Crippen LogP contribution in [0.5, 0.6) is 0 Å². The van der Waals surface area contributed by atoms with Gasteiger partial charge >= 0.3 is 5.82 Å².